The van der Waals surface area contributed by atoms with Crippen molar-refractivity contribution in [2.24, 2.45) is 0 Å². The van der Waals surface area contributed by atoms with Crippen LogP contribution in [0.25, 0.3) is 0 Å². The topological polar surface area (TPSA) is 103 Å². The van der Waals surface area contributed by atoms with Gasteiger partial charge in [0.15, 0.2) is 0 Å². The van der Waals surface area contributed by atoms with Crippen molar-refractivity contribution in [1.29, 1.82) is 5.26 Å². The Balaban J connectivity index is 1.88. The Kier molecular flexibility index (Phi) is 5.57. The summed E-state index contributed by atoms with van der Waals surface area (Å²) in [5, 5.41) is 9.51. The number of sulfonamides is 1. The van der Waals surface area contributed by atoms with Gasteiger partial charge in [-0.1, -0.05) is 42.8 Å². The first-order chi connectivity index (χ1) is 13.7. The van der Waals surface area contributed by atoms with Gasteiger partial charge in [-0.2, -0.15) is 5.26 Å². The summed E-state index contributed by atoms with van der Waals surface area (Å²) in [4.78, 5) is 15.8. The first-order valence-corrected chi connectivity index (χ1v) is 10.9. The summed E-state index contributed by atoms with van der Waals surface area (Å²) < 4.78 is 25.2. The molecular formula is C22H21N3O3S. The van der Waals surface area contributed by atoms with Crippen LogP contribution in [-0.4, -0.2) is 25.4 Å². The Hall–Kier alpha value is -3.37. The Morgan fingerprint density at radius 3 is 2.41 bits per heavy atom. The molecule has 3 rings (SSSR count). The van der Waals surface area contributed by atoms with E-state index < -0.39 is 10.0 Å². The lowest BCUT2D eigenvalue weighted by molar-refractivity contribution is 0.103. The molecule has 6 nitrogen and oxygen atoms in total. The number of hydrogen-bond donors (Lipinski definition) is 2. The molecule has 1 aromatic heterocycles. The Morgan fingerprint density at radius 1 is 1.10 bits per heavy atom. The summed E-state index contributed by atoms with van der Waals surface area (Å²) in [5.74, 6) is -0.284. The molecule has 1 heterocycles. The summed E-state index contributed by atoms with van der Waals surface area (Å²) in [7, 11) is -3.43. The molecule has 0 aliphatic heterocycles. The third-order valence-corrected chi connectivity index (χ3v) is 5.28. The second kappa shape index (κ2) is 7.94. The van der Waals surface area contributed by atoms with Gasteiger partial charge in [-0.3, -0.25) is 9.52 Å². The fourth-order valence-corrected chi connectivity index (χ4v) is 3.69. The fourth-order valence-electron chi connectivity index (χ4n) is 3.13. The van der Waals surface area contributed by atoms with Crippen molar-refractivity contribution in [2.45, 2.75) is 19.8 Å². The fraction of sp³-hybridized carbons (Fsp3) is 0.182. The van der Waals surface area contributed by atoms with Crippen LogP contribution in [0.3, 0.4) is 0 Å². The lowest BCUT2D eigenvalue weighted by atomic mass is 9.93. The predicted molar refractivity (Wildman–Crippen MR) is 113 cm³/mol. The highest BCUT2D eigenvalue weighted by atomic mass is 32.2. The molecule has 0 amide bonds. The van der Waals surface area contributed by atoms with Crippen LogP contribution in [0, 0.1) is 18.3 Å². The molecule has 0 radical (unpaired) electrons. The molecule has 0 aliphatic carbocycles. The molecule has 7 heteroatoms. The zero-order valence-electron chi connectivity index (χ0n) is 16.4. The van der Waals surface area contributed by atoms with Gasteiger partial charge in [0.25, 0.3) is 0 Å². The van der Waals surface area contributed by atoms with Gasteiger partial charge in [0, 0.05) is 22.9 Å². The number of nitrogens with one attached hydrogen (secondary N) is 2. The van der Waals surface area contributed by atoms with Crippen molar-refractivity contribution in [1.82, 2.24) is 4.98 Å². The molecule has 0 spiro atoms. The molecule has 1 atom stereocenters. The number of H-pyrrole nitrogens is 1. The average Bonchev–Trinajstić information content (AvgIpc) is 3.16. The number of rotatable bonds is 6. The van der Waals surface area contributed by atoms with E-state index in [1.54, 1.807) is 30.3 Å². The highest BCUT2D eigenvalue weighted by Crippen LogP contribution is 2.29. The van der Waals surface area contributed by atoms with Crippen molar-refractivity contribution < 1.29 is 13.2 Å². The van der Waals surface area contributed by atoms with Crippen LogP contribution in [0.2, 0.25) is 0 Å². The van der Waals surface area contributed by atoms with E-state index in [2.05, 4.69) is 15.8 Å². The van der Waals surface area contributed by atoms with Crippen molar-refractivity contribution in [3.05, 3.63) is 88.2 Å². The number of nitrogens with zero attached hydrogens (tertiary/aromatic N) is 1. The molecule has 0 bridgehead atoms. The third kappa shape index (κ3) is 4.73. The van der Waals surface area contributed by atoms with Gasteiger partial charge >= 0.3 is 0 Å². The monoisotopic (exact) mass is 407 g/mol. The molecule has 2 N–H and O–H groups in total. The number of benzene rings is 2. The Labute approximate surface area is 170 Å². The smallest absolute Gasteiger partial charge is 0.229 e. The highest BCUT2D eigenvalue weighted by Gasteiger charge is 2.18. The van der Waals surface area contributed by atoms with Crippen molar-refractivity contribution in [3.63, 3.8) is 0 Å². The van der Waals surface area contributed by atoms with Crippen LogP contribution in [0.4, 0.5) is 5.69 Å². The van der Waals surface area contributed by atoms with Gasteiger partial charge in [-0.15, -0.1) is 0 Å². The lowest BCUT2D eigenvalue weighted by Crippen LogP contribution is -2.10. The first kappa shape index (κ1) is 20.4. The molecule has 0 saturated carbocycles. The average molecular weight is 407 g/mol. The Bertz CT molecular complexity index is 1200. The molecule has 1 unspecified atom stereocenters. The summed E-state index contributed by atoms with van der Waals surface area (Å²) in [6.45, 7) is 3.89. The number of carbonyl (C=O) groups is 1. The Morgan fingerprint density at radius 2 is 1.79 bits per heavy atom. The van der Waals surface area contributed by atoms with E-state index >= 15 is 0 Å². The molecule has 29 heavy (non-hydrogen) atoms. The summed E-state index contributed by atoms with van der Waals surface area (Å²) in [6, 6.07) is 17.9. The standard InChI is InChI=1S/C22H21N3O3S/c1-14-4-6-16(7-5-14)22(26)21-11-10-20(24-21)15(2)19-9-8-18(12-17(19)13-23)25-29(3,27)28/h4-12,15,24-25H,1-3H3. The number of aryl methyl sites for hydroxylation is 1. The SMILES string of the molecule is Cc1ccc(C(=O)c2ccc(C(C)c3ccc(NS(C)(=O)=O)cc3C#N)[nH]2)cc1. The van der Waals surface area contributed by atoms with Gasteiger partial charge in [0.05, 0.1) is 23.6 Å². The second-order valence-corrected chi connectivity index (χ2v) is 8.78. The van der Waals surface area contributed by atoms with Gasteiger partial charge in [-0.25, -0.2) is 8.42 Å². The van der Waals surface area contributed by atoms with Crippen LogP contribution >= 0.6 is 0 Å². The minimum absolute atomic E-state index is 0.100. The van der Waals surface area contributed by atoms with E-state index in [0.29, 0.717) is 22.5 Å². The van der Waals surface area contributed by atoms with E-state index in [-0.39, 0.29) is 11.7 Å². The number of anilines is 1. The van der Waals surface area contributed by atoms with E-state index in [1.165, 1.54) is 6.07 Å². The number of aromatic nitrogens is 1. The number of nitriles is 1. The quantitative estimate of drug-likeness (QED) is 0.604. The van der Waals surface area contributed by atoms with Crippen molar-refractivity contribution in [2.75, 3.05) is 11.0 Å². The van der Waals surface area contributed by atoms with Gasteiger partial charge in [0.2, 0.25) is 15.8 Å². The number of aromatic amines is 1. The van der Waals surface area contributed by atoms with Gasteiger partial charge in [0.1, 0.15) is 0 Å². The van der Waals surface area contributed by atoms with Crippen LogP contribution in [-0.2, 0) is 10.0 Å². The lowest BCUT2D eigenvalue weighted by Gasteiger charge is -2.14. The molecule has 0 fully saturated rings. The maximum Gasteiger partial charge on any atom is 0.229 e. The van der Waals surface area contributed by atoms with Crippen LogP contribution in [0.5, 0.6) is 0 Å². The normalized spacial score (nSPS) is 12.2. The summed E-state index contributed by atoms with van der Waals surface area (Å²) >= 11 is 0. The number of ketones is 1. The maximum absolute atomic E-state index is 12.7. The van der Waals surface area contributed by atoms with Gasteiger partial charge in [-0.05, 0) is 36.8 Å². The van der Waals surface area contributed by atoms with Crippen molar-refractivity contribution >= 4 is 21.5 Å². The molecule has 2 aromatic carbocycles. The molecular weight excluding hydrogens is 386 g/mol. The van der Waals surface area contributed by atoms with Crippen LogP contribution < -0.4 is 4.72 Å². The van der Waals surface area contributed by atoms with E-state index in [4.69, 9.17) is 0 Å². The van der Waals surface area contributed by atoms with E-state index in [9.17, 15) is 18.5 Å². The number of carbonyl (C=O) groups excluding carboxylic acids is 1. The van der Waals surface area contributed by atoms with Gasteiger partial charge < -0.3 is 4.98 Å². The van der Waals surface area contributed by atoms with E-state index in [0.717, 1.165) is 23.1 Å². The molecule has 0 saturated heterocycles. The van der Waals surface area contributed by atoms with E-state index in [1.807, 2.05) is 32.0 Å². The summed E-state index contributed by atoms with van der Waals surface area (Å²) in [5.41, 5.74) is 4.40. The van der Waals surface area contributed by atoms with Crippen LogP contribution in [0.15, 0.2) is 54.6 Å². The second-order valence-electron chi connectivity index (χ2n) is 7.03. The minimum Gasteiger partial charge on any atom is -0.355 e. The zero-order chi connectivity index (χ0) is 21.2. The zero-order valence-corrected chi connectivity index (χ0v) is 17.2. The third-order valence-electron chi connectivity index (χ3n) is 4.68. The predicted octanol–water partition coefficient (Wildman–Crippen LogP) is 3.95. The van der Waals surface area contributed by atoms with Crippen molar-refractivity contribution in [3.8, 4) is 6.07 Å². The van der Waals surface area contributed by atoms with Crippen LogP contribution in [0.1, 0.15) is 51.3 Å². The number of hydrogen-bond acceptors (Lipinski definition) is 4. The molecule has 148 valence electrons. The molecule has 3 aromatic rings. The maximum atomic E-state index is 12.7. The highest BCUT2D eigenvalue weighted by molar-refractivity contribution is 7.92. The first-order valence-electron chi connectivity index (χ1n) is 9.00. The summed E-state index contributed by atoms with van der Waals surface area (Å²) in [6.07, 6.45) is 1.06. The minimum atomic E-state index is -3.43. The largest absolute Gasteiger partial charge is 0.355 e. The molecule has 0 aliphatic rings.